The molecule has 0 aliphatic heterocycles. The normalized spacial score (nSPS) is 13.0. The lowest BCUT2D eigenvalue weighted by Gasteiger charge is -2.11. The Labute approximate surface area is 113 Å². The molecule has 0 fully saturated rings. The first-order chi connectivity index (χ1) is 8.90. The van der Waals surface area contributed by atoms with E-state index in [0.29, 0.717) is 12.2 Å². The molecule has 0 radical (unpaired) electrons. The van der Waals surface area contributed by atoms with Crippen molar-refractivity contribution in [1.29, 1.82) is 0 Å². The Bertz CT molecular complexity index is 526. The second kappa shape index (κ2) is 6.65. The van der Waals surface area contributed by atoms with E-state index in [1.807, 2.05) is 0 Å². The Morgan fingerprint density at radius 3 is 2.32 bits per heavy atom. The standard InChI is InChI=1S/C12H19N3O3S/c1-4-14-19(17,18)11-7-5-10(6-8-11)15-12(16)9(2)13-3/h5-9,13-14H,4H2,1-3H3,(H,15,16). The summed E-state index contributed by atoms with van der Waals surface area (Å²) in [5.74, 6) is -0.176. The third-order valence-electron chi connectivity index (χ3n) is 2.59. The largest absolute Gasteiger partial charge is 0.325 e. The van der Waals surface area contributed by atoms with Crippen LogP contribution in [0.3, 0.4) is 0 Å². The molecule has 1 atom stereocenters. The lowest BCUT2D eigenvalue weighted by Crippen LogP contribution is -2.35. The molecule has 1 rings (SSSR count). The molecule has 0 bridgehead atoms. The molecular formula is C12H19N3O3S. The Balaban J connectivity index is 2.80. The Kier molecular flexibility index (Phi) is 5.46. The van der Waals surface area contributed by atoms with Gasteiger partial charge in [0.15, 0.2) is 0 Å². The lowest BCUT2D eigenvalue weighted by molar-refractivity contribution is -0.117. The molecular weight excluding hydrogens is 266 g/mol. The van der Waals surface area contributed by atoms with Crippen molar-refractivity contribution in [2.75, 3.05) is 18.9 Å². The van der Waals surface area contributed by atoms with Crippen molar-refractivity contribution >= 4 is 21.6 Å². The highest BCUT2D eigenvalue weighted by atomic mass is 32.2. The maximum absolute atomic E-state index is 11.7. The minimum Gasteiger partial charge on any atom is -0.325 e. The average Bonchev–Trinajstić information content (AvgIpc) is 2.38. The first kappa shape index (κ1) is 15.6. The SMILES string of the molecule is CCNS(=O)(=O)c1ccc(NC(=O)C(C)NC)cc1. The van der Waals surface area contributed by atoms with Crippen LogP contribution in [-0.2, 0) is 14.8 Å². The lowest BCUT2D eigenvalue weighted by atomic mass is 10.3. The van der Waals surface area contributed by atoms with Crippen LogP contribution < -0.4 is 15.4 Å². The molecule has 7 heteroatoms. The molecule has 19 heavy (non-hydrogen) atoms. The van der Waals surface area contributed by atoms with Crippen molar-refractivity contribution in [3.8, 4) is 0 Å². The number of carbonyl (C=O) groups is 1. The predicted octanol–water partition coefficient (Wildman–Crippen LogP) is 0.531. The van der Waals surface area contributed by atoms with Gasteiger partial charge < -0.3 is 10.6 Å². The highest BCUT2D eigenvalue weighted by Gasteiger charge is 2.13. The van der Waals surface area contributed by atoms with Gasteiger partial charge in [-0.25, -0.2) is 13.1 Å². The van der Waals surface area contributed by atoms with Crippen LogP contribution in [0.2, 0.25) is 0 Å². The van der Waals surface area contributed by atoms with E-state index >= 15 is 0 Å². The Morgan fingerprint density at radius 2 is 1.84 bits per heavy atom. The molecule has 0 heterocycles. The molecule has 0 saturated carbocycles. The molecule has 6 nitrogen and oxygen atoms in total. The van der Waals surface area contributed by atoms with Crippen molar-refractivity contribution in [3.05, 3.63) is 24.3 Å². The number of likely N-dealkylation sites (N-methyl/N-ethyl adjacent to an activating group) is 1. The molecule has 3 N–H and O–H groups in total. The van der Waals surface area contributed by atoms with Crippen molar-refractivity contribution in [2.24, 2.45) is 0 Å². The van der Waals surface area contributed by atoms with Gasteiger partial charge in [-0.05, 0) is 38.2 Å². The Hall–Kier alpha value is -1.44. The summed E-state index contributed by atoms with van der Waals surface area (Å²) in [5.41, 5.74) is 0.558. The fourth-order valence-corrected chi connectivity index (χ4v) is 2.41. The molecule has 1 unspecified atom stereocenters. The summed E-state index contributed by atoms with van der Waals surface area (Å²) in [6.45, 7) is 3.78. The van der Waals surface area contributed by atoms with Crippen LogP contribution in [0.5, 0.6) is 0 Å². The number of hydrogen-bond acceptors (Lipinski definition) is 4. The van der Waals surface area contributed by atoms with Crippen LogP contribution in [0, 0.1) is 0 Å². The van der Waals surface area contributed by atoms with Gasteiger partial charge in [0.2, 0.25) is 15.9 Å². The number of anilines is 1. The molecule has 0 aliphatic rings. The Morgan fingerprint density at radius 1 is 1.26 bits per heavy atom. The topological polar surface area (TPSA) is 87.3 Å². The van der Waals surface area contributed by atoms with Crippen LogP contribution in [-0.4, -0.2) is 34.0 Å². The fraction of sp³-hybridized carbons (Fsp3) is 0.417. The maximum Gasteiger partial charge on any atom is 0.241 e. The van der Waals surface area contributed by atoms with E-state index in [1.165, 1.54) is 12.1 Å². The molecule has 0 spiro atoms. The third kappa shape index (κ3) is 4.30. The first-order valence-corrected chi connectivity index (χ1v) is 7.47. The van der Waals surface area contributed by atoms with E-state index in [2.05, 4.69) is 15.4 Å². The number of hydrogen-bond donors (Lipinski definition) is 3. The zero-order valence-corrected chi connectivity index (χ0v) is 12.0. The monoisotopic (exact) mass is 285 g/mol. The van der Waals surface area contributed by atoms with Gasteiger partial charge in [0, 0.05) is 12.2 Å². The fourth-order valence-electron chi connectivity index (χ4n) is 1.37. The first-order valence-electron chi connectivity index (χ1n) is 5.98. The minimum atomic E-state index is -3.45. The van der Waals surface area contributed by atoms with Crippen molar-refractivity contribution in [1.82, 2.24) is 10.0 Å². The average molecular weight is 285 g/mol. The summed E-state index contributed by atoms with van der Waals surface area (Å²) in [5, 5.41) is 5.51. The van der Waals surface area contributed by atoms with E-state index in [4.69, 9.17) is 0 Å². The van der Waals surface area contributed by atoms with Crippen LogP contribution in [0.15, 0.2) is 29.2 Å². The summed E-state index contributed by atoms with van der Waals surface area (Å²) in [6, 6.07) is 5.72. The van der Waals surface area contributed by atoms with Crippen molar-refractivity contribution < 1.29 is 13.2 Å². The number of sulfonamides is 1. The smallest absolute Gasteiger partial charge is 0.241 e. The molecule has 1 amide bonds. The molecule has 0 saturated heterocycles. The second-order valence-corrected chi connectivity index (χ2v) is 5.79. The second-order valence-electron chi connectivity index (χ2n) is 4.03. The molecule has 0 aliphatic carbocycles. The molecule has 1 aromatic rings. The third-order valence-corrected chi connectivity index (χ3v) is 4.15. The zero-order chi connectivity index (χ0) is 14.5. The maximum atomic E-state index is 11.7. The quantitative estimate of drug-likeness (QED) is 0.711. The van der Waals surface area contributed by atoms with E-state index < -0.39 is 10.0 Å². The van der Waals surface area contributed by atoms with Crippen molar-refractivity contribution in [2.45, 2.75) is 24.8 Å². The number of benzene rings is 1. The van der Waals surface area contributed by atoms with Crippen molar-refractivity contribution in [3.63, 3.8) is 0 Å². The summed E-state index contributed by atoms with van der Waals surface area (Å²) < 4.78 is 25.8. The highest BCUT2D eigenvalue weighted by molar-refractivity contribution is 7.89. The van der Waals surface area contributed by atoms with Gasteiger partial charge in [-0.3, -0.25) is 4.79 Å². The van der Waals surface area contributed by atoms with Gasteiger partial charge in [0.1, 0.15) is 0 Å². The van der Waals surface area contributed by atoms with E-state index in [0.717, 1.165) is 0 Å². The number of rotatable bonds is 6. The summed E-state index contributed by atoms with van der Waals surface area (Å²) >= 11 is 0. The van der Waals surface area contributed by atoms with Gasteiger partial charge in [0.05, 0.1) is 10.9 Å². The zero-order valence-electron chi connectivity index (χ0n) is 11.2. The minimum absolute atomic E-state index is 0.175. The van der Waals surface area contributed by atoms with Gasteiger partial charge in [0.25, 0.3) is 0 Å². The number of carbonyl (C=O) groups excluding carboxylic acids is 1. The van der Waals surface area contributed by atoms with Gasteiger partial charge in [-0.2, -0.15) is 0 Å². The van der Waals surface area contributed by atoms with Gasteiger partial charge in [-0.15, -0.1) is 0 Å². The summed E-state index contributed by atoms with van der Waals surface area (Å²) in [6.07, 6.45) is 0. The molecule has 106 valence electrons. The van der Waals surface area contributed by atoms with Gasteiger partial charge >= 0.3 is 0 Å². The molecule has 0 aromatic heterocycles. The highest BCUT2D eigenvalue weighted by Crippen LogP contribution is 2.14. The van der Waals surface area contributed by atoms with E-state index in [1.54, 1.807) is 33.0 Å². The van der Waals surface area contributed by atoms with Crippen LogP contribution in [0.1, 0.15) is 13.8 Å². The van der Waals surface area contributed by atoms with Crippen LogP contribution in [0.25, 0.3) is 0 Å². The van der Waals surface area contributed by atoms with Crippen LogP contribution in [0.4, 0.5) is 5.69 Å². The predicted molar refractivity (Wildman–Crippen MR) is 74.5 cm³/mol. The summed E-state index contributed by atoms with van der Waals surface area (Å²) in [7, 11) is -1.76. The van der Waals surface area contributed by atoms with E-state index in [-0.39, 0.29) is 16.8 Å². The number of nitrogens with one attached hydrogen (secondary N) is 3. The van der Waals surface area contributed by atoms with E-state index in [9.17, 15) is 13.2 Å². The summed E-state index contributed by atoms with van der Waals surface area (Å²) in [4.78, 5) is 11.8. The molecule has 1 aromatic carbocycles. The van der Waals surface area contributed by atoms with Crippen LogP contribution >= 0.6 is 0 Å². The number of amides is 1. The van der Waals surface area contributed by atoms with Gasteiger partial charge in [-0.1, -0.05) is 6.92 Å².